The molecule has 4 aromatic rings. The lowest BCUT2D eigenvalue weighted by molar-refractivity contribution is 1.09. The fraction of sp³-hybridized carbons (Fsp3) is 0. The van der Waals surface area contributed by atoms with Gasteiger partial charge in [0, 0.05) is 16.3 Å². The van der Waals surface area contributed by atoms with E-state index in [2.05, 4.69) is 25.1 Å². The van der Waals surface area contributed by atoms with Crippen LogP contribution < -0.4 is 5.73 Å². The van der Waals surface area contributed by atoms with Crippen molar-refractivity contribution in [1.29, 1.82) is 0 Å². The van der Waals surface area contributed by atoms with Gasteiger partial charge in [0.05, 0.1) is 6.33 Å². The van der Waals surface area contributed by atoms with Gasteiger partial charge in [-0.05, 0) is 18.2 Å². The highest BCUT2D eigenvalue weighted by atomic mass is 35.5. The number of halogens is 1. The van der Waals surface area contributed by atoms with E-state index in [0.29, 0.717) is 33.4 Å². The number of imidazole rings is 1. The second-order valence-electron chi connectivity index (χ2n) is 4.29. The molecule has 0 aliphatic heterocycles. The van der Waals surface area contributed by atoms with Crippen molar-refractivity contribution in [2.45, 2.75) is 0 Å². The smallest absolute Gasteiger partial charge is 0.190 e. The first kappa shape index (κ1) is 11.2. The Morgan fingerprint density at radius 3 is 3.00 bits per heavy atom. The van der Waals surface area contributed by atoms with Gasteiger partial charge in [-0.3, -0.25) is 4.40 Å². The maximum atomic E-state index is 6.02. The van der Waals surface area contributed by atoms with E-state index in [1.807, 2.05) is 0 Å². The standard InChI is InChI=1S/C12H8ClN7/c13-6-1-2-8(14)7(3-6)11-18-19-12-9-10(16-4-15-9)17-5-20(11)12/h1-5H,14H2,(H,15,16). The number of anilines is 1. The summed E-state index contributed by atoms with van der Waals surface area (Å²) in [6.07, 6.45) is 3.19. The lowest BCUT2D eigenvalue weighted by Crippen LogP contribution is -1.96. The second kappa shape index (κ2) is 3.91. The van der Waals surface area contributed by atoms with Crippen molar-refractivity contribution in [3.05, 3.63) is 35.9 Å². The monoisotopic (exact) mass is 285 g/mol. The van der Waals surface area contributed by atoms with Crippen LogP contribution in [0.3, 0.4) is 0 Å². The predicted octanol–water partition coefficient (Wildman–Crippen LogP) is 1.90. The van der Waals surface area contributed by atoms with E-state index in [9.17, 15) is 0 Å². The molecule has 0 saturated heterocycles. The van der Waals surface area contributed by atoms with E-state index < -0.39 is 0 Å². The first-order valence-electron chi connectivity index (χ1n) is 5.82. The zero-order valence-electron chi connectivity index (χ0n) is 10.1. The van der Waals surface area contributed by atoms with Crippen LogP contribution in [0.4, 0.5) is 5.69 Å². The topological polar surface area (TPSA) is 97.8 Å². The molecule has 0 unspecified atom stereocenters. The molecule has 3 aromatic heterocycles. The maximum Gasteiger partial charge on any atom is 0.190 e. The van der Waals surface area contributed by atoms with Crippen LogP contribution in [0.25, 0.3) is 28.2 Å². The number of nitrogens with one attached hydrogen (secondary N) is 1. The van der Waals surface area contributed by atoms with Crippen LogP contribution in [0.2, 0.25) is 5.02 Å². The quantitative estimate of drug-likeness (QED) is 0.521. The zero-order chi connectivity index (χ0) is 13.7. The van der Waals surface area contributed by atoms with E-state index in [1.54, 1.807) is 35.3 Å². The summed E-state index contributed by atoms with van der Waals surface area (Å²) in [7, 11) is 0. The van der Waals surface area contributed by atoms with Crippen molar-refractivity contribution in [2.75, 3.05) is 5.73 Å². The Hall–Kier alpha value is -2.67. The average Bonchev–Trinajstić information content (AvgIpc) is 3.06. The number of nitrogens with two attached hydrogens (primary N) is 1. The first-order valence-corrected chi connectivity index (χ1v) is 6.20. The van der Waals surface area contributed by atoms with Gasteiger partial charge in [-0.15, -0.1) is 10.2 Å². The lowest BCUT2D eigenvalue weighted by atomic mass is 10.1. The largest absolute Gasteiger partial charge is 0.398 e. The second-order valence-corrected chi connectivity index (χ2v) is 4.73. The van der Waals surface area contributed by atoms with E-state index in [1.165, 1.54) is 0 Å². The van der Waals surface area contributed by atoms with E-state index in [-0.39, 0.29) is 0 Å². The third kappa shape index (κ3) is 1.47. The predicted molar refractivity (Wildman–Crippen MR) is 75.3 cm³/mol. The Morgan fingerprint density at radius 1 is 1.20 bits per heavy atom. The van der Waals surface area contributed by atoms with Crippen molar-refractivity contribution >= 4 is 34.1 Å². The summed E-state index contributed by atoms with van der Waals surface area (Å²) < 4.78 is 1.75. The third-order valence-electron chi connectivity index (χ3n) is 3.09. The summed E-state index contributed by atoms with van der Waals surface area (Å²) in [5.74, 6) is 0.587. The molecule has 3 heterocycles. The van der Waals surface area contributed by atoms with Crippen LogP contribution in [0.1, 0.15) is 0 Å². The van der Waals surface area contributed by atoms with Gasteiger partial charge in [0.1, 0.15) is 11.8 Å². The number of nitrogens with zero attached hydrogens (tertiary/aromatic N) is 5. The van der Waals surface area contributed by atoms with Crippen molar-refractivity contribution in [1.82, 2.24) is 29.5 Å². The van der Waals surface area contributed by atoms with Crippen molar-refractivity contribution in [3.8, 4) is 11.4 Å². The molecule has 0 bridgehead atoms. The summed E-state index contributed by atoms with van der Waals surface area (Å²) in [6.45, 7) is 0. The zero-order valence-corrected chi connectivity index (χ0v) is 10.8. The van der Waals surface area contributed by atoms with Crippen molar-refractivity contribution in [3.63, 3.8) is 0 Å². The molecule has 98 valence electrons. The molecule has 4 rings (SSSR count). The van der Waals surface area contributed by atoms with Crippen molar-refractivity contribution in [2.24, 2.45) is 0 Å². The molecule has 8 heteroatoms. The fourth-order valence-corrected chi connectivity index (χ4v) is 2.31. The van der Waals surface area contributed by atoms with Crippen LogP contribution in [0.5, 0.6) is 0 Å². The number of rotatable bonds is 1. The van der Waals surface area contributed by atoms with Crippen molar-refractivity contribution < 1.29 is 0 Å². The highest BCUT2D eigenvalue weighted by Gasteiger charge is 2.14. The number of aromatic nitrogens is 6. The van der Waals surface area contributed by atoms with Crippen LogP contribution in [0.15, 0.2) is 30.9 Å². The number of nitrogen functional groups attached to an aromatic ring is 1. The number of aromatic amines is 1. The van der Waals surface area contributed by atoms with Crippen LogP contribution >= 0.6 is 11.6 Å². The summed E-state index contributed by atoms with van der Waals surface area (Å²) >= 11 is 6.02. The minimum Gasteiger partial charge on any atom is -0.398 e. The van der Waals surface area contributed by atoms with Gasteiger partial charge in [0.25, 0.3) is 0 Å². The molecule has 0 fully saturated rings. The summed E-state index contributed by atoms with van der Waals surface area (Å²) in [6, 6.07) is 5.22. The highest BCUT2D eigenvalue weighted by Crippen LogP contribution is 2.28. The van der Waals surface area contributed by atoms with Gasteiger partial charge in [0.2, 0.25) is 0 Å². The first-order chi connectivity index (χ1) is 9.74. The van der Waals surface area contributed by atoms with Gasteiger partial charge in [-0.25, -0.2) is 9.97 Å². The molecule has 3 N–H and O–H groups in total. The molecule has 0 saturated carbocycles. The Bertz CT molecular complexity index is 939. The third-order valence-corrected chi connectivity index (χ3v) is 3.33. The molecule has 0 spiro atoms. The molecule has 0 aliphatic carbocycles. The van der Waals surface area contributed by atoms with Crippen LogP contribution in [0, 0.1) is 0 Å². The molecule has 20 heavy (non-hydrogen) atoms. The van der Waals surface area contributed by atoms with Crippen LogP contribution in [-0.4, -0.2) is 29.5 Å². The molecule has 1 aromatic carbocycles. The van der Waals surface area contributed by atoms with E-state index in [0.717, 1.165) is 5.52 Å². The highest BCUT2D eigenvalue weighted by molar-refractivity contribution is 6.31. The normalized spacial score (nSPS) is 11.4. The molecule has 0 radical (unpaired) electrons. The van der Waals surface area contributed by atoms with E-state index in [4.69, 9.17) is 17.3 Å². The van der Waals surface area contributed by atoms with E-state index >= 15 is 0 Å². The van der Waals surface area contributed by atoms with Gasteiger partial charge in [0.15, 0.2) is 17.1 Å². The fourth-order valence-electron chi connectivity index (χ4n) is 2.14. The number of fused-ring (bicyclic) bond motifs is 3. The Balaban J connectivity index is 2.07. The number of H-pyrrole nitrogens is 1. The molecule has 0 amide bonds. The average molecular weight is 286 g/mol. The molecule has 0 atom stereocenters. The Labute approximate surface area is 117 Å². The van der Waals surface area contributed by atoms with Gasteiger partial charge >= 0.3 is 0 Å². The number of hydrogen-bond acceptors (Lipinski definition) is 5. The lowest BCUT2D eigenvalue weighted by Gasteiger charge is -2.04. The SMILES string of the molecule is Nc1ccc(Cl)cc1-c1nnc2c3[nH]cnc3ncn12. The Morgan fingerprint density at radius 2 is 2.10 bits per heavy atom. The van der Waals surface area contributed by atoms with Gasteiger partial charge in [-0.2, -0.15) is 0 Å². The molecular weight excluding hydrogens is 278 g/mol. The molecule has 0 aliphatic rings. The number of hydrogen-bond donors (Lipinski definition) is 2. The summed E-state index contributed by atoms with van der Waals surface area (Å²) in [5, 5.41) is 8.94. The summed E-state index contributed by atoms with van der Waals surface area (Å²) in [5.41, 5.74) is 9.24. The minimum absolute atomic E-state index is 0.577. The van der Waals surface area contributed by atoms with Crippen LogP contribution in [-0.2, 0) is 0 Å². The number of benzene rings is 1. The molecule has 7 nitrogen and oxygen atoms in total. The van der Waals surface area contributed by atoms with Gasteiger partial charge in [-0.1, -0.05) is 11.6 Å². The summed E-state index contributed by atoms with van der Waals surface area (Å²) in [4.78, 5) is 11.3. The molecular formula is C12H8ClN7. The maximum absolute atomic E-state index is 6.02. The Kier molecular flexibility index (Phi) is 2.19. The van der Waals surface area contributed by atoms with Gasteiger partial charge < -0.3 is 10.7 Å². The minimum atomic E-state index is 0.577.